The second kappa shape index (κ2) is 5.91. The minimum Gasteiger partial charge on any atom is -0.392 e. The van der Waals surface area contributed by atoms with E-state index in [-0.39, 0.29) is 16.9 Å². The summed E-state index contributed by atoms with van der Waals surface area (Å²) in [5.74, 6) is 0. The molecular formula is C17H11N3O2S. The van der Waals surface area contributed by atoms with Gasteiger partial charge in [0.15, 0.2) is 0 Å². The van der Waals surface area contributed by atoms with E-state index in [1.807, 2.05) is 29.6 Å². The second-order valence-electron chi connectivity index (χ2n) is 4.82. The Morgan fingerprint density at radius 2 is 1.87 bits per heavy atom. The van der Waals surface area contributed by atoms with Gasteiger partial charge in [-0.2, -0.15) is 5.26 Å². The molecule has 0 radical (unpaired) electrons. The van der Waals surface area contributed by atoms with E-state index in [0.29, 0.717) is 16.7 Å². The lowest BCUT2D eigenvalue weighted by atomic mass is 9.95. The lowest BCUT2D eigenvalue weighted by Gasteiger charge is -2.11. The number of nitro groups is 1. The molecule has 0 aliphatic carbocycles. The fraction of sp³-hybridized carbons (Fsp3) is 0. The van der Waals surface area contributed by atoms with Crippen LogP contribution in [0.4, 0.5) is 11.4 Å². The van der Waals surface area contributed by atoms with Crippen molar-refractivity contribution in [2.45, 2.75) is 0 Å². The number of nitrogens with zero attached hydrogens (tertiary/aromatic N) is 2. The molecule has 0 bridgehead atoms. The molecule has 0 saturated carbocycles. The van der Waals surface area contributed by atoms with Crippen molar-refractivity contribution >= 4 is 22.7 Å². The number of nitrogen functional groups attached to an aromatic ring is 1. The zero-order chi connectivity index (χ0) is 16.4. The zero-order valence-corrected chi connectivity index (χ0v) is 12.7. The van der Waals surface area contributed by atoms with Crippen LogP contribution >= 0.6 is 11.3 Å². The molecule has 0 amide bonds. The van der Waals surface area contributed by atoms with Gasteiger partial charge in [0, 0.05) is 10.4 Å². The van der Waals surface area contributed by atoms with Gasteiger partial charge in [-0.3, -0.25) is 10.1 Å². The molecule has 2 aromatic carbocycles. The van der Waals surface area contributed by atoms with E-state index in [0.717, 1.165) is 4.88 Å². The van der Waals surface area contributed by atoms with Gasteiger partial charge in [-0.25, -0.2) is 0 Å². The van der Waals surface area contributed by atoms with Crippen LogP contribution in [-0.4, -0.2) is 4.92 Å². The molecule has 1 heterocycles. The molecule has 0 unspecified atom stereocenters. The predicted molar refractivity (Wildman–Crippen MR) is 91.0 cm³/mol. The average molecular weight is 321 g/mol. The Labute approximate surface area is 136 Å². The highest BCUT2D eigenvalue weighted by Crippen LogP contribution is 2.42. The third-order valence-corrected chi connectivity index (χ3v) is 4.41. The van der Waals surface area contributed by atoms with Crippen LogP contribution in [0, 0.1) is 21.4 Å². The molecule has 0 aliphatic heterocycles. The Balaban J connectivity index is 2.39. The predicted octanol–water partition coefficient (Wildman–Crippen LogP) is 4.44. The zero-order valence-electron chi connectivity index (χ0n) is 11.9. The summed E-state index contributed by atoms with van der Waals surface area (Å²) >= 11 is 1.46. The van der Waals surface area contributed by atoms with Crippen molar-refractivity contribution in [2.24, 2.45) is 0 Å². The number of benzene rings is 2. The molecular weight excluding hydrogens is 310 g/mol. The monoisotopic (exact) mass is 321 g/mol. The maximum atomic E-state index is 11.5. The molecule has 112 valence electrons. The maximum Gasteiger partial charge on any atom is 0.301 e. The Morgan fingerprint density at radius 3 is 2.43 bits per heavy atom. The van der Waals surface area contributed by atoms with Crippen molar-refractivity contribution < 1.29 is 4.92 Å². The summed E-state index contributed by atoms with van der Waals surface area (Å²) in [6.07, 6.45) is 0. The highest BCUT2D eigenvalue weighted by atomic mass is 32.1. The van der Waals surface area contributed by atoms with Crippen molar-refractivity contribution in [1.82, 2.24) is 0 Å². The number of nitriles is 1. The SMILES string of the molecule is N#Cc1c(-c2cccs2)cc(-c2ccccc2)c([N+](=O)[O-])c1N. The van der Waals surface area contributed by atoms with Gasteiger partial charge in [0.25, 0.3) is 0 Å². The van der Waals surface area contributed by atoms with Crippen molar-refractivity contribution in [3.63, 3.8) is 0 Å². The molecule has 23 heavy (non-hydrogen) atoms. The van der Waals surface area contributed by atoms with Crippen LogP contribution in [-0.2, 0) is 0 Å². The molecule has 0 atom stereocenters. The van der Waals surface area contributed by atoms with Crippen LogP contribution in [0.5, 0.6) is 0 Å². The highest BCUT2D eigenvalue weighted by molar-refractivity contribution is 7.13. The first-order valence-electron chi connectivity index (χ1n) is 6.73. The normalized spacial score (nSPS) is 10.2. The van der Waals surface area contributed by atoms with Gasteiger partial charge in [0.2, 0.25) is 0 Å². The quantitative estimate of drug-likeness (QED) is 0.438. The van der Waals surface area contributed by atoms with Crippen molar-refractivity contribution in [1.29, 1.82) is 5.26 Å². The maximum absolute atomic E-state index is 11.5. The van der Waals surface area contributed by atoms with Crippen LogP contribution in [0.15, 0.2) is 53.9 Å². The summed E-state index contributed by atoms with van der Waals surface area (Å²) in [6.45, 7) is 0. The van der Waals surface area contributed by atoms with E-state index in [9.17, 15) is 15.4 Å². The number of hydrogen-bond acceptors (Lipinski definition) is 5. The molecule has 1 aromatic heterocycles. The van der Waals surface area contributed by atoms with Crippen LogP contribution in [0.25, 0.3) is 21.6 Å². The molecule has 2 N–H and O–H groups in total. The summed E-state index contributed by atoms with van der Waals surface area (Å²) in [6, 6.07) is 16.4. The number of rotatable bonds is 3. The minimum absolute atomic E-state index is 0.0951. The van der Waals surface area contributed by atoms with E-state index in [4.69, 9.17) is 5.73 Å². The van der Waals surface area contributed by atoms with E-state index in [1.54, 1.807) is 30.3 Å². The lowest BCUT2D eigenvalue weighted by molar-refractivity contribution is -0.383. The Bertz CT molecular complexity index is 913. The highest BCUT2D eigenvalue weighted by Gasteiger charge is 2.26. The Hall–Kier alpha value is -3.17. The fourth-order valence-corrected chi connectivity index (χ4v) is 3.22. The second-order valence-corrected chi connectivity index (χ2v) is 5.77. The van der Waals surface area contributed by atoms with Gasteiger partial charge < -0.3 is 5.73 Å². The van der Waals surface area contributed by atoms with Gasteiger partial charge in [0.1, 0.15) is 11.8 Å². The summed E-state index contributed by atoms with van der Waals surface area (Å²) in [7, 11) is 0. The molecule has 0 spiro atoms. The smallest absolute Gasteiger partial charge is 0.301 e. The Kier molecular flexibility index (Phi) is 3.79. The third-order valence-electron chi connectivity index (χ3n) is 3.50. The summed E-state index contributed by atoms with van der Waals surface area (Å²) in [5, 5.41) is 22.8. The number of nitrogens with two attached hydrogens (primary N) is 1. The first-order chi connectivity index (χ1) is 11.1. The van der Waals surface area contributed by atoms with Gasteiger partial charge in [-0.05, 0) is 23.1 Å². The van der Waals surface area contributed by atoms with Gasteiger partial charge in [-0.15, -0.1) is 11.3 Å². The largest absolute Gasteiger partial charge is 0.392 e. The van der Waals surface area contributed by atoms with E-state index in [1.165, 1.54) is 11.3 Å². The summed E-state index contributed by atoms with van der Waals surface area (Å²) in [5.41, 5.74) is 7.51. The van der Waals surface area contributed by atoms with Crippen LogP contribution in [0.1, 0.15) is 5.56 Å². The van der Waals surface area contributed by atoms with Gasteiger partial charge >= 0.3 is 5.69 Å². The van der Waals surface area contributed by atoms with Crippen LogP contribution in [0.3, 0.4) is 0 Å². The first kappa shape index (κ1) is 14.8. The molecule has 3 rings (SSSR count). The van der Waals surface area contributed by atoms with E-state index >= 15 is 0 Å². The lowest BCUT2D eigenvalue weighted by Crippen LogP contribution is -2.02. The molecule has 5 nitrogen and oxygen atoms in total. The van der Waals surface area contributed by atoms with E-state index < -0.39 is 4.92 Å². The molecule has 0 fully saturated rings. The first-order valence-corrected chi connectivity index (χ1v) is 7.61. The van der Waals surface area contributed by atoms with Crippen LogP contribution in [0.2, 0.25) is 0 Å². The number of hydrogen-bond donors (Lipinski definition) is 1. The van der Waals surface area contributed by atoms with E-state index in [2.05, 4.69) is 0 Å². The summed E-state index contributed by atoms with van der Waals surface area (Å²) in [4.78, 5) is 11.8. The van der Waals surface area contributed by atoms with Gasteiger partial charge in [0.05, 0.1) is 16.1 Å². The number of anilines is 1. The third kappa shape index (κ3) is 2.54. The van der Waals surface area contributed by atoms with Crippen molar-refractivity contribution in [3.8, 4) is 27.6 Å². The van der Waals surface area contributed by atoms with Crippen molar-refractivity contribution in [2.75, 3.05) is 5.73 Å². The molecule has 0 aliphatic rings. The summed E-state index contributed by atoms with van der Waals surface area (Å²) < 4.78 is 0. The molecule has 6 heteroatoms. The van der Waals surface area contributed by atoms with Crippen LogP contribution < -0.4 is 5.73 Å². The minimum atomic E-state index is -0.531. The standard InChI is InChI=1S/C17H11N3O2S/c18-10-14-13(15-7-4-8-23-15)9-12(11-5-2-1-3-6-11)17(16(14)19)20(21)22/h1-9H,19H2. The number of thiophene rings is 1. The van der Waals surface area contributed by atoms with Gasteiger partial charge in [-0.1, -0.05) is 36.4 Å². The molecule has 3 aromatic rings. The topological polar surface area (TPSA) is 92.9 Å². The Morgan fingerprint density at radius 1 is 1.13 bits per heavy atom. The molecule has 0 saturated heterocycles. The van der Waals surface area contributed by atoms with Crippen molar-refractivity contribution in [3.05, 3.63) is 69.6 Å². The average Bonchev–Trinajstić information content (AvgIpc) is 3.08. The fourth-order valence-electron chi connectivity index (χ4n) is 2.47. The number of nitro benzene ring substituents is 1.